The van der Waals surface area contributed by atoms with Crippen LogP contribution in [-0.2, 0) is 0 Å². The van der Waals surface area contributed by atoms with E-state index in [1.807, 2.05) is 6.92 Å². The Hall–Kier alpha value is -0.830. The van der Waals surface area contributed by atoms with E-state index >= 15 is 0 Å². The Labute approximate surface area is 118 Å². The van der Waals surface area contributed by atoms with Crippen molar-refractivity contribution in [1.29, 1.82) is 0 Å². The number of aryl methyl sites for hydroxylation is 2. The molecule has 1 atom stereocenters. The van der Waals surface area contributed by atoms with Crippen LogP contribution in [0.3, 0.4) is 0 Å². The molecule has 1 N–H and O–H groups in total. The Bertz CT molecular complexity index is 533. The van der Waals surface area contributed by atoms with Crippen molar-refractivity contribution in [3.63, 3.8) is 0 Å². The van der Waals surface area contributed by atoms with E-state index in [1.54, 1.807) is 11.3 Å². The average Bonchev–Trinajstić information content (AvgIpc) is 2.76. The lowest BCUT2D eigenvalue weighted by molar-refractivity contribution is 0.630. The van der Waals surface area contributed by atoms with E-state index in [2.05, 4.69) is 48.8 Å². The van der Waals surface area contributed by atoms with Crippen molar-refractivity contribution >= 4 is 22.9 Å². The maximum absolute atomic E-state index is 6.23. The van der Waals surface area contributed by atoms with E-state index < -0.39 is 0 Å². The maximum atomic E-state index is 6.23. The Morgan fingerprint density at radius 1 is 1.28 bits per heavy atom. The summed E-state index contributed by atoms with van der Waals surface area (Å²) in [4.78, 5) is 1.36. The van der Waals surface area contributed by atoms with Gasteiger partial charge >= 0.3 is 0 Å². The molecule has 0 spiro atoms. The topological polar surface area (TPSA) is 12.0 Å². The zero-order valence-corrected chi connectivity index (χ0v) is 12.5. The summed E-state index contributed by atoms with van der Waals surface area (Å²) in [5.41, 5.74) is 3.70. The van der Waals surface area contributed by atoms with Gasteiger partial charge in [-0.15, -0.1) is 11.3 Å². The van der Waals surface area contributed by atoms with Gasteiger partial charge in [0.05, 0.1) is 6.04 Å². The fourth-order valence-electron chi connectivity index (χ4n) is 2.09. The summed E-state index contributed by atoms with van der Waals surface area (Å²) < 4.78 is 0. The fourth-order valence-corrected chi connectivity index (χ4v) is 3.02. The monoisotopic (exact) mass is 279 g/mol. The van der Waals surface area contributed by atoms with Gasteiger partial charge in [-0.25, -0.2) is 0 Å². The first-order chi connectivity index (χ1) is 8.63. The smallest absolute Gasteiger partial charge is 0.0588 e. The summed E-state index contributed by atoms with van der Waals surface area (Å²) in [6, 6.07) is 8.75. The number of halogens is 1. The second-order valence-electron chi connectivity index (χ2n) is 4.43. The van der Waals surface area contributed by atoms with E-state index in [1.165, 1.54) is 16.0 Å². The molecule has 0 fully saturated rings. The van der Waals surface area contributed by atoms with E-state index in [0.717, 1.165) is 17.1 Å². The van der Waals surface area contributed by atoms with Crippen LogP contribution in [0.2, 0.25) is 5.02 Å². The van der Waals surface area contributed by atoms with Gasteiger partial charge in [0.2, 0.25) is 0 Å². The van der Waals surface area contributed by atoms with Crippen molar-refractivity contribution in [2.24, 2.45) is 0 Å². The molecule has 0 amide bonds. The highest BCUT2D eigenvalue weighted by Gasteiger charge is 2.16. The third-order valence-corrected chi connectivity index (χ3v) is 4.42. The summed E-state index contributed by atoms with van der Waals surface area (Å²) in [6.45, 7) is 7.26. The van der Waals surface area contributed by atoms with E-state index in [9.17, 15) is 0 Å². The van der Waals surface area contributed by atoms with Crippen LogP contribution in [0.5, 0.6) is 0 Å². The largest absolute Gasteiger partial charge is 0.306 e. The van der Waals surface area contributed by atoms with E-state index in [4.69, 9.17) is 11.6 Å². The number of thiophene rings is 1. The second kappa shape index (κ2) is 5.87. The number of hydrogen-bond acceptors (Lipinski definition) is 2. The Morgan fingerprint density at radius 2 is 2.06 bits per heavy atom. The lowest BCUT2D eigenvalue weighted by Gasteiger charge is -2.19. The molecule has 96 valence electrons. The quantitative estimate of drug-likeness (QED) is 0.854. The Kier molecular flexibility index (Phi) is 4.44. The minimum absolute atomic E-state index is 0.236. The summed E-state index contributed by atoms with van der Waals surface area (Å²) in [6.07, 6.45) is 0. The van der Waals surface area contributed by atoms with E-state index in [0.29, 0.717) is 0 Å². The van der Waals surface area contributed by atoms with Gasteiger partial charge < -0.3 is 5.32 Å². The number of nitrogens with one attached hydrogen (secondary N) is 1. The highest BCUT2D eigenvalue weighted by atomic mass is 35.5. The van der Waals surface area contributed by atoms with Crippen LogP contribution in [0.15, 0.2) is 29.6 Å². The highest BCUT2D eigenvalue weighted by Crippen LogP contribution is 2.30. The third kappa shape index (κ3) is 2.77. The molecule has 3 heteroatoms. The van der Waals surface area contributed by atoms with Gasteiger partial charge in [0.15, 0.2) is 0 Å². The molecule has 1 nitrogen and oxygen atoms in total. The molecule has 0 aliphatic carbocycles. The number of benzene rings is 1. The van der Waals surface area contributed by atoms with Crippen LogP contribution in [0.25, 0.3) is 0 Å². The summed E-state index contributed by atoms with van der Waals surface area (Å²) in [5, 5.41) is 6.52. The standard InChI is InChI=1S/C15H18ClNS/c1-4-17-15(13-7-8-18-11(13)3)12-6-5-10(2)14(16)9-12/h5-9,15,17H,4H2,1-3H3. The first kappa shape index (κ1) is 13.6. The molecule has 0 aliphatic heterocycles. The molecule has 0 radical (unpaired) electrons. The average molecular weight is 280 g/mol. The molecule has 0 bridgehead atoms. The molecule has 1 aromatic heterocycles. The molecule has 1 unspecified atom stereocenters. The van der Waals surface area contributed by atoms with Crippen molar-refractivity contribution in [3.05, 3.63) is 56.2 Å². The Balaban J connectivity index is 2.41. The van der Waals surface area contributed by atoms with Crippen molar-refractivity contribution in [3.8, 4) is 0 Å². The second-order valence-corrected chi connectivity index (χ2v) is 5.96. The molecule has 1 aromatic carbocycles. The highest BCUT2D eigenvalue weighted by molar-refractivity contribution is 7.10. The normalized spacial score (nSPS) is 12.7. The first-order valence-corrected chi connectivity index (χ1v) is 7.42. The van der Waals surface area contributed by atoms with Gasteiger partial charge in [0.25, 0.3) is 0 Å². The van der Waals surface area contributed by atoms with Gasteiger partial charge in [-0.05, 0) is 54.6 Å². The summed E-state index contributed by atoms with van der Waals surface area (Å²) in [5.74, 6) is 0. The van der Waals surface area contributed by atoms with Gasteiger partial charge in [-0.3, -0.25) is 0 Å². The predicted molar refractivity (Wildman–Crippen MR) is 80.8 cm³/mol. The molecule has 1 heterocycles. The molecule has 18 heavy (non-hydrogen) atoms. The van der Waals surface area contributed by atoms with Crippen LogP contribution < -0.4 is 5.32 Å². The predicted octanol–water partition coefficient (Wildman–Crippen LogP) is 4.72. The minimum atomic E-state index is 0.236. The molecule has 0 saturated carbocycles. The molecule has 2 aromatic rings. The summed E-state index contributed by atoms with van der Waals surface area (Å²) >= 11 is 8.02. The molecule has 2 rings (SSSR count). The van der Waals surface area contributed by atoms with Crippen molar-refractivity contribution in [2.75, 3.05) is 6.54 Å². The van der Waals surface area contributed by atoms with Crippen LogP contribution in [0, 0.1) is 13.8 Å². The lowest BCUT2D eigenvalue weighted by Crippen LogP contribution is -2.22. The van der Waals surface area contributed by atoms with Crippen molar-refractivity contribution in [2.45, 2.75) is 26.8 Å². The Morgan fingerprint density at radius 3 is 2.61 bits per heavy atom. The van der Waals surface area contributed by atoms with Gasteiger partial charge in [-0.1, -0.05) is 30.7 Å². The molecule has 0 aliphatic rings. The SMILES string of the molecule is CCNC(c1ccc(C)c(Cl)c1)c1ccsc1C. The van der Waals surface area contributed by atoms with Gasteiger partial charge in [0, 0.05) is 9.90 Å². The lowest BCUT2D eigenvalue weighted by atomic mass is 9.98. The van der Waals surface area contributed by atoms with Crippen LogP contribution >= 0.6 is 22.9 Å². The van der Waals surface area contributed by atoms with Crippen LogP contribution in [0.1, 0.15) is 34.5 Å². The molecular weight excluding hydrogens is 262 g/mol. The number of rotatable bonds is 4. The summed E-state index contributed by atoms with van der Waals surface area (Å²) in [7, 11) is 0. The molecular formula is C15H18ClNS. The number of hydrogen-bond donors (Lipinski definition) is 1. The van der Waals surface area contributed by atoms with Gasteiger partial charge in [-0.2, -0.15) is 0 Å². The fraction of sp³-hybridized carbons (Fsp3) is 0.333. The zero-order valence-electron chi connectivity index (χ0n) is 11.0. The van der Waals surface area contributed by atoms with Crippen LogP contribution in [-0.4, -0.2) is 6.54 Å². The zero-order chi connectivity index (χ0) is 13.1. The van der Waals surface area contributed by atoms with Gasteiger partial charge in [0.1, 0.15) is 0 Å². The third-order valence-electron chi connectivity index (χ3n) is 3.15. The first-order valence-electron chi connectivity index (χ1n) is 6.17. The van der Waals surface area contributed by atoms with Crippen molar-refractivity contribution in [1.82, 2.24) is 5.32 Å². The van der Waals surface area contributed by atoms with Crippen molar-refractivity contribution < 1.29 is 0 Å². The molecule has 0 saturated heterocycles. The maximum Gasteiger partial charge on any atom is 0.0588 e. The van der Waals surface area contributed by atoms with Crippen LogP contribution in [0.4, 0.5) is 0 Å². The minimum Gasteiger partial charge on any atom is -0.306 e. The van der Waals surface area contributed by atoms with E-state index in [-0.39, 0.29) is 6.04 Å².